The molecule has 0 atom stereocenters. The molecule has 1 N–H and O–H groups in total. The van der Waals surface area contributed by atoms with Crippen molar-refractivity contribution in [2.45, 2.75) is 6.92 Å². The van der Waals surface area contributed by atoms with E-state index in [1.165, 1.54) is 12.1 Å². The topological polar surface area (TPSA) is 76.2 Å². The molecule has 118 valence electrons. The Labute approximate surface area is 142 Å². The molecule has 1 aromatic heterocycles. The van der Waals surface area contributed by atoms with Gasteiger partial charge >= 0.3 is 5.97 Å². The number of hydrogen-bond donors (Lipinski definition) is 1. The van der Waals surface area contributed by atoms with Gasteiger partial charge in [0.05, 0.1) is 11.1 Å². The van der Waals surface area contributed by atoms with Crippen LogP contribution in [-0.2, 0) is 0 Å². The molecule has 0 radical (unpaired) electrons. The number of carboxylic acid groups (broad SMARTS) is 1. The number of rotatable bonds is 5. The third-order valence-corrected chi connectivity index (χ3v) is 3.11. The lowest BCUT2D eigenvalue weighted by atomic mass is 10.1. The second-order valence-corrected chi connectivity index (χ2v) is 5.59. The van der Waals surface area contributed by atoms with Crippen LogP contribution in [0.25, 0.3) is 17.0 Å². The summed E-state index contributed by atoms with van der Waals surface area (Å²) < 4.78 is 5.56. The van der Waals surface area contributed by atoms with Gasteiger partial charge in [-0.15, -0.1) is 10.2 Å². The Kier molecular flexibility index (Phi) is 5.36. The van der Waals surface area contributed by atoms with E-state index < -0.39 is 5.97 Å². The van der Waals surface area contributed by atoms with E-state index in [1.54, 1.807) is 31.2 Å². The lowest BCUT2D eigenvalue weighted by molar-refractivity contribution is 0.0697. The molecular weight excluding hydrogens is 339 g/mol. The molecule has 0 aliphatic heterocycles. The molecule has 2 rings (SSSR count). The van der Waals surface area contributed by atoms with Crippen molar-refractivity contribution < 1.29 is 14.3 Å². The second-order valence-electron chi connectivity index (χ2n) is 4.54. The number of carbonyl (C=O) groups is 1. The fourth-order valence-electron chi connectivity index (χ4n) is 1.71. The zero-order chi connectivity index (χ0) is 17.0. The quantitative estimate of drug-likeness (QED) is 0.789. The van der Waals surface area contributed by atoms with Crippen LogP contribution in [0, 0.1) is 0 Å². The fraction of sp³-hybridized carbons (Fsp3) is 0.0625. The van der Waals surface area contributed by atoms with Crippen LogP contribution in [0.1, 0.15) is 23.2 Å². The summed E-state index contributed by atoms with van der Waals surface area (Å²) in [6, 6.07) is 6.19. The maximum absolute atomic E-state index is 11.0. The van der Waals surface area contributed by atoms with Crippen molar-refractivity contribution in [3.8, 4) is 11.5 Å². The van der Waals surface area contributed by atoms with Gasteiger partial charge in [-0.3, -0.25) is 0 Å². The Morgan fingerprint density at radius 1 is 1.30 bits per heavy atom. The molecule has 0 aliphatic rings. The summed E-state index contributed by atoms with van der Waals surface area (Å²) in [7, 11) is 0. The predicted molar refractivity (Wildman–Crippen MR) is 89.3 cm³/mol. The van der Waals surface area contributed by atoms with Gasteiger partial charge in [0, 0.05) is 15.6 Å². The first kappa shape index (κ1) is 17.0. The normalized spacial score (nSPS) is 12.3. The van der Waals surface area contributed by atoms with E-state index in [0.29, 0.717) is 16.2 Å². The van der Waals surface area contributed by atoms with Gasteiger partial charge in [0.1, 0.15) is 0 Å². The minimum absolute atomic E-state index is 0.125. The van der Waals surface area contributed by atoms with Crippen LogP contribution in [0.4, 0.5) is 0 Å². The Hall–Kier alpha value is -2.37. The van der Waals surface area contributed by atoms with Crippen LogP contribution in [0.15, 0.2) is 57.5 Å². The summed E-state index contributed by atoms with van der Waals surface area (Å²) in [6.45, 7) is 5.36. The Morgan fingerprint density at radius 2 is 2.04 bits per heavy atom. The van der Waals surface area contributed by atoms with E-state index >= 15 is 0 Å². The Balaban J connectivity index is 2.41. The maximum atomic E-state index is 11.0. The lowest BCUT2D eigenvalue weighted by Gasteiger charge is -1.99. The molecule has 2 aromatic rings. The van der Waals surface area contributed by atoms with E-state index in [1.807, 2.05) is 0 Å². The number of hydrogen-bond acceptors (Lipinski definition) is 4. The molecular formula is C16H12Cl2N2O3. The predicted octanol–water partition coefficient (Wildman–Crippen LogP) is 4.71. The molecule has 1 heterocycles. The van der Waals surface area contributed by atoms with Crippen molar-refractivity contribution in [1.82, 2.24) is 10.2 Å². The number of benzene rings is 1. The van der Waals surface area contributed by atoms with Gasteiger partial charge < -0.3 is 9.52 Å². The van der Waals surface area contributed by atoms with Crippen molar-refractivity contribution in [2.75, 3.05) is 0 Å². The summed E-state index contributed by atoms with van der Waals surface area (Å²) in [5.74, 6) is -0.697. The minimum atomic E-state index is -1.04. The summed E-state index contributed by atoms with van der Waals surface area (Å²) >= 11 is 11.7. The molecule has 1 aromatic carbocycles. The largest absolute Gasteiger partial charge is 0.478 e. The van der Waals surface area contributed by atoms with Crippen molar-refractivity contribution >= 4 is 34.7 Å². The van der Waals surface area contributed by atoms with Gasteiger partial charge in [0.2, 0.25) is 11.8 Å². The Bertz CT molecular complexity index is 818. The molecule has 0 unspecified atom stereocenters. The maximum Gasteiger partial charge on any atom is 0.335 e. The highest BCUT2D eigenvalue weighted by atomic mass is 35.5. The molecule has 0 saturated heterocycles. The zero-order valence-corrected chi connectivity index (χ0v) is 13.6. The van der Waals surface area contributed by atoms with Crippen LogP contribution in [0.3, 0.4) is 0 Å². The van der Waals surface area contributed by atoms with Gasteiger partial charge in [-0.1, -0.05) is 35.8 Å². The number of aromatic nitrogens is 2. The highest BCUT2D eigenvalue weighted by Crippen LogP contribution is 2.27. The average molecular weight is 351 g/mol. The van der Waals surface area contributed by atoms with E-state index in [2.05, 4.69) is 16.8 Å². The average Bonchev–Trinajstić information content (AvgIpc) is 2.96. The van der Waals surface area contributed by atoms with E-state index in [4.69, 9.17) is 32.7 Å². The zero-order valence-electron chi connectivity index (χ0n) is 12.1. The number of halogens is 2. The summed E-state index contributed by atoms with van der Waals surface area (Å²) in [6.07, 6.45) is 3.24. The third-order valence-electron chi connectivity index (χ3n) is 2.78. The van der Waals surface area contributed by atoms with Gasteiger partial charge in [-0.2, -0.15) is 0 Å². The summed E-state index contributed by atoms with van der Waals surface area (Å²) in [5, 5.41) is 17.6. The van der Waals surface area contributed by atoms with E-state index in [-0.39, 0.29) is 22.4 Å². The first-order chi connectivity index (χ1) is 10.9. The van der Waals surface area contributed by atoms with Crippen LogP contribution in [0.2, 0.25) is 0 Å². The molecule has 7 heteroatoms. The Morgan fingerprint density at radius 3 is 2.65 bits per heavy atom. The van der Waals surface area contributed by atoms with Gasteiger partial charge in [-0.05, 0) is 37.3 Å². The number of allylic oxidation sites excluding steroid dienone is 5. The van der Waals surface area contributed by atoms with Crippen LogP contribution in [0.5, 0.6) is 0 Å². The highest BCUT2D eigenvalue weighted by molar-refractivity contribution is 6.36. The van der Waals surface area contributed by atoms with Crippen LogP contribution < -0.4 is 0 Å². The van der Waals surface area contributed by atoms with Crippen LogP contribution >= 0.6 is 23.2 Å². The first-order valence-electron chi connectivity index (χ1n) is 6.45. The summed E-state index contributed by atoms with van der Waals surface area (Å²) in [4.78, 5) is 11.0. The number of carboxylic acids is 1. The van der Waals surface area contributed by atoms with E-state index in [0.717, 1.165) is 0 Å². The fourth-order valence-corrected chi connectivity index (χ4v) is 1.92. The molecule has 0 bridgehead atoms. The monoisotopic (exact) mass is 350 g/mol. The van der Waals surface area contributed by atoms with Gasteiger partial charge in [0.15, 0.2) is 0 Å². The van der Waals surface area contributed by atoms with Crippen molar-refractivity contribution in [3.05, 3.63) is 64.5 Å². The SMILES string of the molecule is C=C(Cl)/C(=C\C=C(/C)Cl)c1nnc(-c2cccc(C(=O)O)c2)o1. The van der Waals surface area contributed by atoms with E-state index in [9.17, 15) is 4.79 Å². The molecule has 0 fully saturated rings. The van der Waals surface area contributed by atoms with Crippen molar-refractivity contribution in [3.63, 3.8) is 0 Å². The van der Waals surface area contributed by atoms with Gasteiger partial charge in [-0.25, -0.2) is 4.79 Å². The number of aromatic carboxylic acids is 1. The molecule has 5 nitrogen and oxygen atoms in total. The van der Waals surface area contributed by atoms with Crippen LogP contribution in [-0.4, -0.2) is 21.3 Å². The highest BCUT2D eigenvalue weighted by Gasteiger charge is 2.15. The molecule has 0 spiro atoms. The minimum Gasteiger partial charge on any atom is -0.478 e. The third kappa shape index (κ3) is 4.31. The molecule has 0 aliphatic carbocycles. The number of nitrogens with zero attached hydrogens (tertiary/aromatic N) is 2. The molecule has 0 saturated carbocycles. The second kappa shape index (κ2) is 7.26. The smallest absolute Gasteiger partial charge is 0.335 e. The van der Waals surface area contributed by atoms with Crippen molar-refractivity contribution in [1.29, 1.82) is 0 Å². The molecule has 0 amide bonds. The standard InChI is InChI=1S/C16H12Cl2N2O3/c1-9(17)6-7-13(10(2)18)15-20-19-14(23-15)11-4-3-5-12(8-11)16(21)22/h3-8H,2H2,1H3,(H,21,22)/b9-6+,13-7+. The van der Waals surface area contributed by atoms with Crippen molar-refractivity contribution in [2.24, 2.45) is 0 Å². The first-order valence-corrected chi connectivity index (χ1v) is 7.20. The van der Waals surface area contributed by atoms with Gasteiger partial charge in [0.25, 0.3) is 0 Å². The lowest BCUT2D eigenvalue weighted by Crippen LogP contribution is -1.95. The molecule has 23 heavy (non-hydrogen) atoms. The summed E-state index contributed by atoms with van der Waals surface area (Å²) in [5.41, 5.74) is 1.05.